The van der Waals surface area contributed by atoms with Gasteiger partial charge >= 0.3 is 5.97 Å². The van der Waals surface area contributed by atoms with Crippen LogP contribution in [0.15, 0.2) is 71.9 Å². The number of ether oxygens (including phenoxy) is 2. The van der Waals surface area contributed by atoms with Crippen molar-refractivity contribution in [1.29, 1.82) is 0 Å². The molecule has 0 fully saturated rings. The van der Waals surface area contributed by atoms with Gasteiger partial charge in [0, 0.05) is 11.0 Å². The monoisotopic (exact) mass is 422 g/mol. The normalized spacial score (nSPS) is 12.5. The van der Waals surface area contributed by atoms with Gasteiger partial charge < -0.3 is 14.8 Å². The van der Waals surface area contributed by atoms with Crippen LogP contribution in [0.25, 0.3) is 10.4 Å². The maximum Gasteiger partial charge on any atom is 0.330 e. The zero-order valence-corrected chi connectivity index (χ0v) is 17.6. The standard InChI is InChI=1S/C23H26N4O4/c1-3-31-22(28)14-11-19(15-18-9-12-20(30-2)13-10-18)25-23(29)21(26-27-24)16-17-7-5-4-6-8-17/h4-14,19,21H,3,15-16H2,1-2H3,(H,25,29)/b14-11+/t19-,21-/m1/s1. The fourth-order valence-electron chi connectivity index (χ4n) is 2.93. The number of esters is 1. The number of azide groups is 1. The van der Waals surface area contributed by atoms with Crippen LogP contribution in [0.5, 0.6) is 5.75 Å². The Morgan fingerprint density at radius 2 is 1.77 bits per heavy atom. The molecular weight excluding hydrogens is 396 g/mol. The molecule has 0 spiro atoms. The average Bonchev–Trinajstić information content (AvgIpc) is 2.78. The molecule has 0 bridgehead atoms. The number of hydrogen-bond acceptors (Lipinski definition) is 5. The lowest BCUT2D eigenvalue weighted by molar-refractivity contribution is -0.137. The summed E-state index contributed by atoms with van der Waals surface area (Å²) in [5.41, 5.74) is 10.7. The van der Waals surface area contributed by atoms with Gasteiger partial charge in [-0.15, -0.1) is 0 Å². The lowest BCUT2D eigenvalue weighted by Gasteiger charge is -2.19. The Balaban J connectivity index is 2.16. The molecule has 0 aliphatic rings. The molecule has 31 heavy (non-hydrogen) atoms. The van der Waals surface area contributed by atoms with Crippen molar-refractivity contribution >= 4 is 11.9 Å². The molecule has 0 heterocycles. The Labute approximate surface area is 181 Å². The molecule has 0 unspecified atom stereocenters. The van der Waals surface area contributed by atoms with Crippen molar-refractivity contribution in [3.8, 4) is 5.75 Å². The minimum atomic E-state index is -0.915. The summed E-state index contributed by atoms with van der Waals surface area (Å²) in [6.45, 7) is 1.98. The van der Waals surface area contributed by atoms with Crippen LogP contribution in [-0.4, -0.2) is 37.7 Å². The molecule has 0 saturated carbocycles. The van der Waals surface area contributed by atoms with E-state index >= 15 is 0 Å². The Kier molecular flexibility index (Phi) is 9.65. The fourth-order valence-corrected chi connectivity index (χ4v) is 2.93. The third-order valence-electron chi connectivity index (χ3n) is 4.46. The molecule has 2 atom stereocenters. The number of nitrogens with zero attached hydrogens (tertiary/aromatic N) is 3. The predicted octanol–water partition coefficient (Wildman–Crippen LogP) is 3.76. The number of methoxy groups -OCH3 is 1. The van der Waals surface area contributed by atoms with Gasteiger partial charge in [-0.05, 0) is 48.6 Å². The quantitative estimate of drug-likeness (QED) is 0.195. The van der Waals surface area contributed by atoms with E-state index in [1.54, 1.807) is 20.1 Å². The van der Waals surface area contributed by atoms with Crippen LogP contribution in [0.4, 0.5) is 0 Å². The molecule has 162 valence electrons. The van der Waals surface area contributed by atoms with E-state index < -0.39 is 24.0 Å². The van der Waals surface area contributed by atoms with Crippen LogP contribution >= 0.6 is 0 Å². The molecule has 2 aromatic rings. The Morgan fingerprint density at radius 3 is 2.39 bits per heavy atom. The van der Waals surface area contributed by atoms with Crippen LogP contribution < -0.4 is 10.1 Å². The summed E-state index contributed by atoms with van der Waals surface area (Å²) in [5.74, 6) is -0.196. The second-order valence-electron chi connectivity index (χ2n) is 6.69. The van der Waals surface area contributed by atoms with Gasteiger partial charge in [0.05, 0.1) is 19.8 Å². The van der Waals surface area contributed by atoms with Crippen molar-refractivity contribution in [1.82, 2.24) is 5.32 Å². The highest BCUT2D eigenvalue weighted by Crippen LogP contribution is 2.14. The van der Waals surface area contributed by atoms with Crippen LogP contribution in [0, 0.1) is 0 Å². The molecule has 0 aromatic heterocycles. The average molecular weight is 422 g/mol. The first kappa shape index (κ1) is 23.5. The van der Waals surface area contributed by atoms with E-state index in [-0.39, 0.29) is 13.0 Å². The number of amides is 1. The van der Waals surface area contributed by atoms with E-state index in [0.717, 1.165) is 16.9 Å². The third kappa shape index (κ3) is 8.24. The van der Waals surface area contributed by atoms with Crippen molar-refractivity contribution in [3.05, 3.63) is 88.3 Å². The number of rotatable bonds is 11. The fraction of sp³-hybridized carbons (Fsp3) is 0.304. The van der Waals surface area contributed by atoms with E-state index in [9.17, 15) is 9.59 Å². The maximum absolute atomic E-state index is 12.9. The molecule has 1 N–H and O–H groups in total. The van der Waals surface area contributed by atoms with Crippen LogP contribution in [0.3, 0.4) is 0 Å². The van der Waals surface area contributed by atoms with Gasteiger partial charge in [-0.2, -0.15) is 0 Å². The number of hydrogen-bond donors (Lipinski definition) is 1. The molecule has 0 aliphatic carbocycles. The Morgan fingerprint density at radius 1 is 1.10 bits per heavy atom. The highest BCUT2D eigenvalue weighted by atomic mass is 16.5. The first-order valence-corrected chi connectivity index (χ1v) is 9.92. The van der Waals surface area contributed by atoms with E-state index in [4.69, 9.17) is 15.0 Å². The van der Waals surface area contributed by atoms with Gasteiger partial charge in [0.15, 0.2) is 0 Å². The van der Waals surface area contributed by atoms with Crippen LogP contribution in [0.2, 0.25) is 0 Å². The summed E-state index contributed by atoms with van der Waals surface area (Å²) in [4.78, 5) is 27.4. The van der Waals surface area contributed by atoms with Crippen molar-refractivity contribution in [3.63, 3.8) is 0 Å². The van der Waals surface area contributed by atoms with Crippen molar-refractivity contribution in [2.24, 2.45) is 5.11 Å². The smallest absolute Gasteiger partial charge is 0.330 e. The Bertz CT molecular complexity index is 922. The number of carbonyl (C=O) groups excluding carboxylic acids is 2. The highest BCUT2D eigenvalue weighted by molar-refractivity contribution is 5.84. The zero-order chi connectivity index (χ0) is 22.5. The van der Waals surface area contributed by atoms with Gasteiger partial charge in [-0.25, -0.2) is 4.79 Å². The summed E-state index contributed by atoms with van der Waals surface area (Å²) in [6.07, 6.45) is 3.57. The molecule has 2 rings (SSSR count). The van der Waals surface area contributed by atoms with Gasteiger partial charge in [0.25, 0.3) is 0 Å². The minimum absolute atomic E-state index is 0.259. The molecule has 0 saturated heterocycles. The van der Waals surface area contributed by atoms with E-state index in [1.807, 2.05) is 54.6 Å². The molecule has 8 nitrogen and oxygen atoms in total. The van der Waals surface area contributed by atoms with Crippen molar-refractivity contribution in [2.75, 3.05) is 13.7 Å². The topological polar surface area (TPSA) is 113 Å². The van der Waals surface area contributed by atoms with E-state index in [1.165, 1.54) is 6.08 Å². The van der Waals surface area contributed by atoms with E-state index in [0.29, 0.717) is 6.42 Å². The summed E-state index contributed by atoms with van der Waals surface area (Å²) < 4.78 is 10.1. The number of benzene rings is 2. The predicted molar refractivity (Wildman–Crippen MR) is 117 cm³/mol. The summed E-state index contributed by atoms with van der Waals surface area (Å²) in [7, 11) is 1.59. The first-order valence-electron chi connectivity index (χ1n) is 9.92. The van der Waals surface area contributed by atoms with Gasteiger partial charge in [-0.1, -0.05) is 53.7 Å². The number of carbonyl (C=O) groups is 2. The second kappa shape index (κ2) is 12.7. The zero-order valence-electron chi connectivity index (χ0n) is 17.6. The summed E-state index contributed by atoms with van der Waals surface area (Å²) >= 11 is 0. The number of nitrogens with one attached hydrogen (secondary N) is 1. The lowest BCUT2D eigenvalue weighted by Crippen LogP contribution is -2.41. The van der Waals surface area contributed by atoms with Crippen LogP contribution in [-0.2, 0) is 27.2 Å². The maximum atomic E-state index is 12.9. The van der Waals surface area contributed by atoms with Crippen molar-refractivity contribution in [2.45, 2.75) is 31.8 Å². The van der Waals surface area contributed by atoms with Crippen molar-refractivity contribution < 1.29 is 19.1 Å². The molecule has 0 radical (unpaired) electrons. The molecule has 8 heteroatoms. The highest BCUT2D eigenvalue weighted by Gasteiger charge is 2.20. The summed E-state index contributed by atoms with van der Waals surface area (Å²) in [6, 6.07) is 15.3. The molecule has 2 aromatic carbocycles. The first-order chi connectivity index (χ1) is 15.0. The van der Waals surface area contributed by atoms with Gasteiger partial charge in [-0.3, -0.25) is 4.79 Å². The van der Waals surface area contributed by atoms with Gasteiger partial charge in [0.1, 0.15) is 11.8 Å². The minimum Gasteiger partial charge on any atom is -0.497 e. The second-order valence-corrected chi connectivity index (χ2v) is 6.69. The molecule has 1 amide bonds. The SMILES string of the molecule is CCOC(=O)/C=C/[C@H](Cc1ccc(OC)cc1)NC(=O)[C@@H](Cc1ccccc1)N=[N+]=[N-]. The lowest BCUT2D eigenvalue weighted by atomic mass is 10.0. The third-order valence-corrected chi connectivity index (χ3v) is 4.46. The van der Waals surface area contributed by atoms with Crippen LogP contribution in [0.1, 0.15) is 18.1 Å². The Hall–Kier alpha value is -3.77. The largest absolute Gasteiger partial charge is 0.497 e. The molecular formula is C23H26N4O4. The summed E-state index contributed by atoms with van der Waals surface area (Å²) in [5, 5.41) is 6.53. The van der Waals surface area contributed by atoms with Gasteiger partial charge in [0.2, 0.25) is 5.91 Å². The van der Waals surface area contributed by atoms with E-state index in [2.05, 4.69) is 15.3 Å². The molecule has 0 aliphatic heterocycles.